The number of nitrogens with one attached hydrogen (secondary N) is 1. The lowest BCUT2D eigenvalue weighted by Crippen LogP contribution is -2.58. The van der Waals surface area contributed by atoms with Gasteiger partial charge < -0.3 is 10.1 Å². The first-order valence-electron chi connectivity index (χ1n) is 6.86. The highest BCUT2D eigenvalue weighted by Gasteiger charge is 2.35. The fourth-order valence-electron chi connectivity index (χ4n) is 2.42. The molecule has 1 fully saturated rings. The number of piperazine rings is 1. The third-order valence-corrected chi connectivity index (χ3v) is 3.57. The molecule has 1 heterocycles. The topological polar surface area (TPSA) is 58.6 Å². The zero-order chi connectivity index (χ0) is 15.6. The molecule has 6 heteroatoms. The molecular formula is C15H19ClN2O3. The maximum atomic E-state index is 12.6. The molecule has 0 aliphatic carbocycles. The second kappa shape index (κ2) is 6.35. The summed E-state index contributed by atoms with van der Waals surface area (Å²) in [6.07, 6.45) is 0.601. The summed E-state index contributed by atoms with van der Waals surface area (Å²) in [5, 5.41) is 3.24. The van der Waals surface area contributed by atoms with Crippen molar-refractivity contribution in [2.45, 2.75) is 26.3 Å². The molecule has 1 atom stereocenters. The van der Waals surface area contributed by atoms with Crippen molar-refractivity contribution < 1.29 is 14.3 Å². The van der Waals surface area contributed by atoms with Gasteiger partial charge in [0, 0.05) is 5.02 Å². The molecule has 5 nitrogen and oxygen atoms in total. The van der Waals surface area contributed by atoms with Gasteiger partial charge in [0.25, 0.3) is 0 Å². The quantitative estimate of drug-likeness (QED) is 0.927. The van der Waals surface area contributed by atoms with Crippen LogP contribution < -0.4 is 15.0 Å². The predicted octanol–water partition coefficient (Wildman–Crippen LogP) is 2.23. The van der Waals surface area contributed by atoms with E-state index in [0.717, 1.165) is 0 Å². The highest BCUT2D eigenvalue weighted by atomic mass is 35.5. The zero-order valence-corrected chi connectivity index (χ0v) is 13.1. The summed E-state index contributed by atoms with van der Waals surface area (Å²) in [6, 6.07) is 4.51. The molecular weight excluding hydrogens is 292 g/mol. The highest BCUT2D eigenvalue weighted by Crippen LogP contribution is 2.32. The van der Waals surface area contributed by atoms with Crippen molar-refractivity contribution in [2.75, 3.05) is 18.6 Å². The molecule has 1 aliphatic heterocycles. The molecule has 1 saturated heterocycles. The zero-order valence-electron chi connectivity index (χ0n) is 12.4. The number of ether oxygens (including phenoxy) is 1. The Kier molecular flexibility index (Phi) is 4.73. The van der Waals surface area contributed by atoms with E-state index in [-0.39, 0.29) is 18.4 Å². The van der Waals surface area contributed by atoms with Crippen molar-refractivity contribution >= 4 is 29.1 Å². The molecule has 1 N–H and O–H groups in total. The summed E-state index contributed by atoms with van der Waals surface area (Å²) < 4.78 is 5.27. The van der Waals surface area contributed by atoms with E-state index in [0.29, 0.717) is 28.8 Å². The van der Waals surface area contributed by atoms with Crippen LogP contribution in [0, 0.1) is 5.92 Å². The van der Waals surface area contributed by atoms with E-state index >= 15 is 0 Å². The first-order valence-corrected chi connectivity index (χ1v) is 7.24. The van der Waals surface area contributed by atoms with E-state index in [1.165, 1.54) is 12.0 Å². The standard InChI is InChI=1S/C15H19ClN2O3/c1-9(2)6-11-15(20)18(8-14(19)17-11)12-7-10(16)4-5-13(12)21-3/h4-5,7,9,11H,6,8H2,1-3H3,(H,17,19). The maximum Gasteiger partial charge on any atom is 0.250 e. The van der Waals surface area contributed by atoms with Crippen LogP contribution in [0.1, 0.15) is 20.3 Å². The van der Waals surface area contributed by atoms with Crippen LogP contribution in [0.25, 0.3) is 0 Å². The summed E-state index contributed by atoms with van der Waals surface area (Å²) >= 11 is 6.00. The number of rotatable bonds is 4. The van der Waals surface area contributed by atoms with Crippen molar-refractivity contribution in [3.05, 3.63) is 23.2 Å². The Hall–Kier alpha value is -1.75. The van der Waals surface area contributed by atoms with Crippen LogP contribution in [0.4, 0.5) is 5.69 Å². The van der Waals surface area contributed by atoms with Crippen molar-refractivity contribution in [2.24, 2.45) is 5.92 Å². The van der Waals surface area contributed by atoms with Crippen LogP contribution in [-0.4, -0.2) is 31.5 Å². The van der Waals surface area contributed by atoms with Gasteiger partial charge in [0.15, 0.2) is 0 Å². The van der Waals surface area contributed by atoms with Crippen LogP contribution in [0.5, 0.6) is 5.75 Å². The second-order valence-electron chi connectivity index (χ2n) is 5.49. The molecule has 2 rings (SSSR count). The van der Waals surface area contributed by atoms with Crippen LogP contribution in [0.2, 0.25) is 5.02 Å². The molecule has 1 aromatic rings. The van der Waals surface area contributed by atoms with Gasteiger partial charge in [-0.25, -0.2) is 0 Å². The molecule has 0 aromatic heterocycles. The Balaban J connectivity index is 2.35. The van der Waals surface area contributed by atoms with E-state index in [2.05, 4.69) is 5.32 Å². The molecule has 21 heavy (non-hydrogen) atoms. The molecule has 0 spiro atoms. The van der Waals surface area contributed by atoms with E-state index in [4.69, 9.17) is 16.3 Å². The van der Waals surface area contributed by atoms with Crippen molar-refractivity contribution in [3.8, 4) is 5.75 Å². The summed E-state index contributed by atoms with van der Waals surface area (Å²) in [6.45, 7) is 4.00. The summed E-state index contributed by atoms with van der Waals surface area (Å²) in [4.78, 5) is 25.9. The summed E-state index contributed by atoms with van der Waals surface area (Å²) in [5.74, 6) is 0.511. The third-order valence-electron chi connectivity index (χ3n) is 3.34. The number of amides is 2. The molecule has 0 saturated carbocycles. The number of methoxy groups -OCH3 is 1. The van der Waals surface area contributed by atoms with Gasteiger partial charge in [-0.1, -0.05) is 25.4 Å². The number of benzene rings is 1. The molecule has 1 aromatic carbocycles. The molecule has 114 valence electrons. The summed E-state index contributed by atoms with van der Waals surface area (Å²) in [5.41, 5.74) is 0.526. The fourth-order valence-corrected chi connectivity index (χ4v) is 2.59. The molecule has 0 radical (unpaired) electrons. The SMILES string of the molecule is COc1ccc(Cl)cc1N1CC(=O)NC(CC(C)C)C1=O. The van der Waals surface area contributed by atoms with Crippen LogP contribution >= 0.6 is 11.6 Å². The predicted molar refractivity (Wildman–Crippen MR) is 81.7 cm³/mol. The number of nitrogens with zero attached hydrogens (tertiary/aromatic N) is 1. The van der Waals surface area contributed by atoms with Crippen molar-refractivity contribution in [1.29, 1.82) is 0 Å². The summed E-state index contributed by atoms with van der Waals surface area (Å²) in [7, 11) is 1.52. The van der Waals surface area contributed by atoms with Crippen LogP contribution in [-0.2, 0) is 9.59 Å². The Morgan fingerprint density at radius 2 is 2.14 bits per heavy atom. The highest BCUT2D eigenvalue weighted by molar-refractivity contribution is 6.31. The van der Waals surface area contributed by atoms with E-state index in [1.54, 1.807) is 18.2 Å². The first kappa shape index (κ1) is 15.6. The fraction of sp³-hybridized carbons (Fsp3) is 0.467. The first-order chi connectivity index (χ1) is 9.92. The maximum absolute atomic E-state index is 12.6. The van der Waals surface area contributed by atoms with Gasteiger partial charge >= 0.3 is 0 Å². The van der Waals surface area contributed by atoms with Crippen molar-refractivity contribution in [1.82, 2.24) is 5.32 Å². The Labute approximate surface area is 129 Å². The van der Waals surface area contributed by atoms with Gasteiger partial charge in [-0.3, -0.25) is 14.5 Å². The normalized spacial score (nSPS) is 18.9. The average molecular weight is 311 g/mol. The average Bonchev–Trinajstić information content (AvgIpc) is 2.42. The molecule has 1 unspecified atom stereocenters. The molecule has 0 bridgehead atoms. The van der Waals surface area contributed by atoms with E-state index in [1.807, 2.05) is 13.8 Å². The molecule has 2 amide bonds. The van der Waals surface area contributed by atoms with E-state index < -0.39 is 6.04 Å². The largest absolute Gasteiger partial charge is 0.495 e. The Bertz CT molecular complexity index is 560. The minimum Gasteiger partial charge on any atom is -0.495 e. The van der Waals surface area contributed by atoms with Gasteiger partial charge in [-0.05, 0) is 30.5 Å². The van der Waals surface area contributed by atoms with Gasteiger partial charge in [0.2, 0.25) is 11.8 Å². The van der Waals surface area contributed by atoms with Gasteiger partial charge in [-0.2, -0.15) is 0 Å². The number of carbonyl (C=O) groups excluding carboxylic acids is 2. The van der Waals surface area contributed by atoms with Gasteiger partial charge in [-0.15, -0.1) is 0 Å². The number of anilines is 1. The van der Waals surface area contributed by atoms with Crippen molar-refractivity contribution in [3.63, 3.8) is 0 Å². The Morgan fingerprint density at radius 1 is 1.43 bits per heavy atom. The monoisotopic (exact) mass is 310 g/mol. The third kappa shape index (κ3) is 3.47. The van der Waals surface area contributed by atoms with Gasteiger partial charge in [0.05, 0.1) is 12.8 Å². The number of hydrogen-bond acceptors (Lipinski definition) is 3. The minimum absolute atomic E-state index is 0.0237. The Morgan fingerprint density at radius 3 is 2.76 bits per heavy atom. The minimum atomic E-state index is -0.505. The lowest BCUT2D eigenvalue weighted by Gasteiger charge is -2.34. The lowest BCUT2D eigenvalue weighted by atomic mass is 10.0. The number of halogens is 1. The lowest BCUT2D eigenvalue weighted by molar-refractivity contribution is -0.131. The van der Waals surface area contributed by atoms with Crippen LogP contribution in [0.15, 0.2) is 18.2 Å². The second-order valence-corrected chi connectivity index (χ2v) is 5.93. The van der Waals surface area contributed by atoms with Crippen LogP contribution in [0.3, 0.4) is 0 Å². The van der Waals surface area contributed by atoms with Gasteiger partial charge in [0.1, 0.15) is 18.3 Å². The number of hydrogen-bond donors (Lipinski definition) is 1. The smallest absolute Gasteiger partial charge is 0.250 e. The molecule has 1 aliphatic rings. The number of carbonyl (C=O) groups is 2. The van der Waals surface area contributed by atoms with E-state index in [9.17, 15) is 9.59 Å².